The molecule has 0 unspecified atom stereocenters. The lowest BCUT2D eigenvalue weighted by Gasteiger charge is -2.19. The summed E-state index contributed by atoms with van der Waals surface area (Å²) in [6.45, 7) is 12.9. The van der Waals surface area contributed by atoms with E-state index in [1.54, 1.807) is 0 Å². The van der Waals surface area contributed by atoms with E-state index in [9.17, 15) is 5.26 Å². The van der Waals surface area contributed by atoms with Crippen LogP contribution in [0.2, 0.25) is 0 Å². The lowest BCUT2D eigenvalue weighted by Crippen LogP contribution is -2.05. The van der Waals surface area contributed by atoms with Crippen LogP contribution >= 0.6 is 0 Å². The molecule has 0 radical (unpaired) electrons. The number of anilines is 4. The quantitative estimate of drug-likeness (QED) is 0.386. The molecule has 2 aromatic carbocycles. The van der Waals surface area contributed by atoms with Crippen molar-refractivity contribution in [2.45, 2.75) is 67.2 Å². The highest BCUT2D eigenvalue weighted by Crippen LogP contribution is 2.34. The first kappa shape index (κ1) is 22.4. The van der Waals surface area contributed by atoms with Gasteiger partial charge in [-0.1, -0.05) is 63.1 Å². The molecule has 0 saturated carbocycles. The minimum Gasteiger partial charge on any atom is -0.338 e. The molecule has 0 aliphatic heterocycles. The third-order valence-electron chi connectivity index (χ3n) is 5.72. The van der Waals surface area contributed by atoms with Crippen molar-refractivity contribution in [1.82, 2.24) is 9.97 Å². The smallest absolute Gasteiger partial charge is 0.213 e. The molecule has 0 aliphatic rings. The van der Waals surface area contributed by atoms with Crippen LogP contribution in [-0.2, 0) is 25.7 Å². The number of aromatic nitrogens is 2. The SMILES string of the molecule is CCc1cc(C)cc(CC)c1Nc1nc(C#N)[nH]c1Nc1c(CC)cc(C)cc1CC. The number of hydrogen-bond donors (Lipinski definition) is 3. The van der Waals surface area contributed by atoms with Crippen molar-refractivity contribution >= 4 is 23.0 Å². The third-order valence-corrected chi connectivity index (χ3v) is 5.72. The Hall–Kier alpha value is -3.26. The molecular weight excluding hydrogens is 382 g/mol. The molecule has 3 rings (SSSR count). The van der Waals surface area contributed by atoms with Gasteiger partial charge in [-0.15, -0.1) is 0 Å². The molecule has 0 atom stereocenters. The molecule has 1 heterocycles. The topological polar surface area (TPSA) is 76.5 Å². The molecule has 162 valence electrons. The lowest BCUT2D eigenvalue weighted by atomic mass is 9.99. The van der Waals surface area contributed by atoms with Crippen LogP contribution in [0.15, 0.2) is 24.3 Å². The Labute approximate surface area is 185 Å². The molecule has 0 spiro atoms. The molecule has 5 nitrogen and oxygen atoms in total. The van der Waals surface area contributed by atoms with E-state index in [4.69, 9.17) is 0 Å². The summed E-state index contributed by atoms with van der Waals surface area (Å²) in [6.07, 6.45) is 3.70. The van der Waals surface area contributed by atoms with Crippen molar-refractivity contribution in [3.8, 4) is 6.07 Å². The van der Waals surface area contributed by atoms with Crippen molar-refractivity contribution in [3.05, 3.63) is 63.5 Å². The summed E-state index contributed by atoms with van der Waals surface area (Å²) >= 11 is 0. The highest BCUT2D eigenvalue weighted by molar-refractivity contribution is 5.78. The van der Waals surface area contributed by atoms with E-state index in [-0.39, 0.29) is 5.82 Å². The van der Waals surface area contributed by atoms with Crippen molar-refractivity contribution in [1.29, 1.82) is 5.26 Å². The average Bonchev–Trinajstić information content (AvgIpc) is 3.16. The zero-order valence-corrected chi connectivity index (χ0v) is 19.5. The van der Waals surface area contributed by atoms with Gasteiger partial charge in [0.25, 0.3) is 0 Å². The van der Waals surface area contributed by atoms with Gasteiger partial charge < -0.3 is 15.6 Å². The zero-order chi connectivity index (χ0) is 22.5. The Balaban J connectivity index is 2.08. The molecule has 1 aromatic heterocycles. The van der Waals surface area contributed by atoms with Gasteiger partial charge in [0.15, 0.2) is 11.6 Å². The normalized spacial score (nSPS) is 10.7. The van der Waals surface area contributed by atoms with Crippen LogP contribution < -0.4 is 10.6 Å². The first-order valence-electron chi connectivity index (χ1n) is 11.2. The Morgan fingerprint density at radius 2 is 1.19 bits per heavy atom. The Morgan fingerprint density at radius 3 is 1.58 bits per heavy atom. The summed E-state index contributed by atoms with van der Waals surface area (Å²) < 4.78 is 0. The second kappa shape index (κ2) is 9.70. The van der Waals surface area contributed by atoms with Gasteiger partial charge in [0.2, 0.25) is 5.82 Å². The van der Waals surface area contributed by atoms with E-state index in [1.165, 1.54) is 33.4 Å². The van der Waals surface area contributed by atoms with Crippen LogP contribution in [0, 0.1) is 25.2 Å². The minimum absolute atomic E-state index is 0.288. The lowest BCUT2D eigenvalue weighted by molar-refractivity contribution is 1.07. The molecule has 5 heteroatoms. The number of aryl methyl sites for hydroxylation is 6. The molecule has 0 saturated heterocycles. The van der Waals surface area contributed by atoms with Crippen LogP contribution in [0.3, 0.4) is 0 Å². The highest BCUT2D eigenvalue weighted by atomic mass is 15.2. The van der Waals surface area contributed by atoms with Gasteiger partial charge in [0, 0.05) is 11.4 Å². The highest BCUT2D eigenvalue weighted by Gasteiger charge is 2.17. The van der Waals surface area contributed by atoms with E-state index in [1.807, 2.05) is 0 Å². The number of nitriles is 1. The number of rotatable bonds is 8. The summed E-state index contributed by atoms with van der Waals surface area (Å²) in [4.78, 5) is 7.69. The first-order valence-corrected chi connectivity index (χ1v) is 11.2. The van der Waals surface area contributed by atoms with E-state index in [2.05, 4.69) is 92.5 Å². The molecule has 3 N–H and O–H groups in total. The number of benzene rings is 2. The maximum Gasteiger partial charge on any atom is 0.213 e. The average molecular weight is 416 g/mol. The van der Waals surface area contributed by atoms with Crippen LogP contribution in [-0.4, -0.2) is 9.97 Å². The van der Waals surface area contributed by atoms with E-state index < -0.39 is 0 Å². The van der Waals surface area contributed by atoms with Gasteiger partial charge in [-0.05, 0) is 61.8 Å². The number of H-pyrrole nitrogens is 1. The fourth-order valence-corrected chi connectivity index (χ4v) is 4.17. The molecule has 31 heavy (non-hydrogen) atoms. The second-order valence-electron chi connectivity index (χ2n) is 8.00. The minimum atomic E-state index is 0.288. The largest absolute Gasteiger partial charge is 0.338 e. The predicted molar refractivity (Wildman–Crippen MR) is 130 cm³/mol. The van der Waals surface area contributed by atoms with Gasteiger partial charge in [0.05, 0.1) is 0 Å². The summed E-state index contributed by atoms with van der Waals surface area (Å²) in [5.41, 5.74) is 9.74. The Kier molecular flexibility index (Phi) is 7.02. The van der Waals surface area contributed by atoms with E-state index in [0.29, 0.717) is 5.82 Å². The number of aromatic amines is 1. The monoisotopic (exact) mass is 415 g/mol. The molecule has 3 aromatic rings. The van der Waals surface area contributed by atoms with Crippen molar-refractivity contribution in [2.24, 2.45) is 0 Å². The standard InChI is InChI=1S/C26H33N5/c1-7-18-11-16(5)12-19(8-2)23(18)30-25-26(29-22(15-27)28-25)31-24-20(9-3)13-17(6)14-21(24)10-4/h11-14,30-31H,7-10H2,1-6H3,(H,28,29). The maximum absolute atomic E-state index is 9.48. The van der Waals surface area contributed by atoms with Gasteiger partial charge in [0.1, 0.15) is 6.07 Å². The molecular formula is C26H33N5. The van der Waals surface area contributed by atoms with Crippen molar-refractivity contribution < 1.29 is 0 Å². The van der Waals surface area contributed by atoms with Gasteiger partial charge >= 0.3 is 0 Å². The number of nitrogens with zero attached hydrogens (tertiary/aromatic N) is 2. The summed E-state index contributed by atoms with van der Waals surface area (Å²) in [7, 11) is 0. The van der Waals surface area contributed by atoms with Crippen molar-refractivity contribution in [2.75, 3.05) is 10.6 Å². The van der Waals surface area contributed by atoms with Crippen LogP contribution in [0.5, 0.6) is 0 Å². The van der Waals surface area contributed by atoms with Crippen molar-refractivity contribution in [3.63, 3.8) is 0 Å². The van der Waals surface area contributed by atoms with E-state index in [0.717, 1.165) is 42.9 Å². The van der Waals surface area contributed by atoms with Gasteiger partial charge in [-0.2, -0.15) is 10.2 Å². The fraction of sp³-hybridized carbons (Fsp3) is 0.385. The van der Waals surface area contributed by atoms with Crippen LogP contribution in [0.4, 0.5) is 23.0 Å². The predicted octanol–water partition coefficient (Wildman–Crippen LogP) is 6.64. The van der Waals surface area contributed by atoms with Crippen LogP contribution in [0.25, 0.3) is 0 Å². The number of nitrogens with one attached hydrogen (secondary N) is 3. The second-order valence-corrected chi connectivity index (χ2v) is 8.00. The van der Waals surface area contributed by atoms with E-state index >= 15 is 0 Å². The summed E-state index contributed by atoms with van der Waals surface area (Å²) in [5.74, 6) is 1.65. The van der Waals surface area contributed by atoms with Gasteiger partial charge in [-0.25, -0.2) is 0 Å². The molecule has 0 aliphatic carbocycles. The summed E-state index contributed by atoms with van der Waals surface area (Å²) in [6, 6.07) is 11.0. The first-order chi connectivity index (χ1) is 14.9. The Bertz CT molecular complexity index is 986. The van der Waals surface area contributed by atoms with Crippen LogP contribution in [0.1, 0.15) is 66.9 Å². The fourth-order valence-electron chi connectivity index (χ4n) is 4.17. The maximum atomic E-state index is 9.48. The molecule has 0 amide bonds. The molecule has 0 fully saturated rings. The summed E-state index contributed by atoms with van der Waals surface area (Å²) in [5, 5.41) is 16.6. The number of imidazole rings is 1. The number of hydrogen-bond acceptors (Lipinski definition) is 4. The third kappa shape index (κ3) is 4.74. The Morgan fingerprint density at radius 1 is 0.774 bits per heavy atom. The van der Waals surface area contributed by atoms with Gasteiger partial charge in [-0.3, -0.25) is 0 Å². The zero-order valence-electron chi connectivity index (χ0n) is 19.5. The molecule has 0 bridgehead atoms.